The van der Waals surface area contributed by atoms with Gasteiger partial charge in [0.1, 0.15) is 11.9 Å². The Morgan fingerprint density at radius 1 is 0.919 bits per heavy atom. The van der Waals surface area contributed by atoms with Gasteiger partial charge < -0.3 is 10.6 Å². The molecule has 1 heterocycles. The second-order valence-electron chi connectivity index (χ2n) is 9.62. The number of para-hydroxylation sites is 1. The number of hydrogen-bond acceptors (Lipinski definition) is 4. The third kappa shape index (κ3) is 6.82. The van der Waals surface area contributed by atoms with Gasteiger partial charge in [-0.2, -0.15) is 0 Å². The van der Waals surface area contributed by atoms with Gasteiger partial charge in [0.05, 0.1) is 0 Å². The van der Waals surface area contributed by atoms with Gasteiger partial charge in [-0.1, -0.05) is 66.9 Å². The van der Waals surface area contributed by atoms with Gasteiger partial charge in [-0.15, -0.1) is 0 Å². The van der Waals surface area contributed by atoms with Crippen LogP contribution in [0.5, 0.6) is 0 Å². The van der Waals surface area contributed by atoms with E-state index in [1.54, 1.807) is 29.3 Å². The van der Waals surface area contributed by atoms with E-state index in [4.69, 9.17) is 0 Å². The summed E-state index contributed by atoms with van der Waals surface area (Å²) in [6, 6.07) is 19.7. The Morgan fingerprint density at radius 3 is 2.30 bits per heavy atom. The summed E-state index contributed by atoms with van der Waals surface area (Å²) in [5.41, 5.74) is 3.33. The lowest BCUT2D eigenvalue weighted by molar-refractivity contribution is -0.127. The monoisotopic (exact) mass is 498 g/mol. The van der Waals surface area contributed by atoms with E-state index < -0.39 is 6.04 Å². The fraction of sp³-hybridized carbons (Fsp3) is 0.333. The molecule has 1 aliphatic rings. The number of carbonyl (C=O) groups is 3. The lowest BCUT2D eigenvalue weighted by Crippen LogP contribution is -2.46. The molecule has 0 spiro atoms. The number of carbonyl (C=O) groups excluding carboxylic acids is 3. The van der Waals surface area contributed by atoms with E-state index >= 15 is 0 Å². The summed E-state index contributed by atoms with van der Waals surface area (Å²) in [6.07, 6.45) is 5.58. The maximum absolute atomic E-state index is 13.8. The minimum absolute atomic E-state index is 0.0251. The number of anilines is 2. The summed E-state index contributed by atoms with van der Waals surface area (Å²) < 4.78 is 0. The molecule has 2 N–H and O–H groups in total. The lowest BCUT2D eigenvalue weighted by atomic mass is 9.99. The summed E-state index contributed by atoms with van der Waals surface area (Å²) in [7, 11) is 0. The topological polar surface area (TPSA) is 91.4 Å². The fourth-order valence-corrected chi connectivity index (χ4v) is 4.75. The highest BCUT2D eigenvalue weighted by Gasteiger charge is 2.34. The SMILES string of the molecule is Cc1ccc(C(C(=O)NC2CCCC2)N(C(=O)CCC(=O)Nc2ccccn2)c2ccccc2C)cc1. The number of hydrogen-bond donors (Lipinski definition) is 2. The average Bonchev–Trinajstić information content (AvgIpc) is 3.41. The molecule has 2 aromatic carbocycles. The van der Waals surface area contributed by atoms with Gasteiger partial charge in [-0.3, -0.25) is 19.3 Å². The number of nitrogens with one attached hydrogen (secondary N) is 2. The van der Waals surface area contributed by atoms with Crippen LogP contribution in [0, 0.1) is 13.8 Å². The zero-order valence-electron chi connectivity index (χ0n) is 21.4. The summed E-state index contributed by atoms with van der Waals surface area (Å²) >= 11 is 0. The molecule has 7 nitrogen and oxygen atoms in total. The minimum Gasteiger partial charge on any atom is -0.351 e. The van der Waals surface area contributed by atoms with Crippen LogP contribution in [0.3, 0.4) is 0 Å². The molecule has 1 atom stereocenters. The Labute approximate surface area is 218 Å². The summed E-state index contributed by atoms with van der Waals surface area (Å²) in [5, 5.41) is 5.92. The molecular weight excluding hydrogens is 464 g/mol. The summed E-state index contributed by atoms with van der Waals surface area (Å²) in [4.78, 5) is 45.9. The van der Waals surface area contributed by atoms with Crippen LogP contribution in [0.4, 0.5) is 11.5 Å². The quantitative estimate of drug-likeness (QED) is 0.422. The van der Waals surface area contributed by atoms with Crippen LogP contribution in [0.15, 0.2) is 72.9 Å². The van der Waals surface area contributed by atoms with E-state index in [9.17, 15) is 14.4 Å². The number of pyridine rings is 1. The van der Waals surface area contributed by atoms with Crippen molar-refractivity contribution in [2.45, 2.75) is 64.5 Å². The first-order valence-corrected chi connectivity index (χ1v) is 12.9. The first-order chi connectivity index (χ1) is 17.9. The van der Waals surface area contributed by atoms with Crippen molar-refractivity contribution >= 4 is 29.2 Å². The van der Waals surface area contributed by atoms with Crippen molar-refractivity contribution in [2.24, 2.45) is 0 Å². The van der Waals surface area contributed by atoms with Crippen molar-refractivity contribution in [3.05, 3.63) is 89.6 Å². The Hall–Kier alpha value is -4.00. The lowest BCUT2D eigenvalue weighted by Gasteiger charge is -2.33. The predicted molar refractivity (Wildman–Crippen MR) is 145 cm³/mol. The molecule has 4 rings (SSSR count). The van der Waals surface area contributed by atoms with Crippen LogP contribution in [0.1, 0.15) is 61.3 Å². The number of amides is 3. The molecule has 37 heavy (non-hydrogen) atoms. The van der Waals surface area contributed by atoms with Crippen molar-refractivity contribution in [1.29, 1.82) is 0 Å². The van der Waals surface area contributed by atoms with Crippen molar-refractivity contribution in [3.63, 3.8) is 0 Å². The van der Waals surface area contributed by atoms with Crippen molar-refractivity contribution in [1.82, 2.24) is 10.3 Å². The third-order valence-electron chi connectivity index (χ3n) is 6.74. The van der Waals surface area contributed by atoms with Crippen LogP contribution in [-0.4, -0.2) is 28.7 Å². The predicted octanol–water partition coefficient (Wildman–Crippen LogP) is 5.25. The Balaban J connectivity index is 1.63. The van der Waals surface area contributed by atoms with Gasteiger partial charge in [0, 0.05) is 30.8 Å². The maximum atomic E-state index is 13.8. The molecule has 3 aromatic rings. The van der Waals surface area contributed by atoms with E-state index in [0.29, 0.717) is 11.5 Å². The van der Waals surface area contributed by atoms with Crippen LogP contribution < -0.4 is 15.5 Å². The fourth-order valence-electron chi connectivity index (χ4n) is 4.75. The molecular formula is C30H34N4O3. The second-order valence-corrected chi connectivity index (χ2v) is 9.62. The van der Waals surface area contributed by atoms with Crippen LogP contribution in [-0.2, 0) is 14.4 Å². The standard InChI is InChI=1S/C30H34N4O3/c1-21-14-16-23(17-15-21)29(30(37)32-24-10-4-5-11-24)34(25-12-6-3-9-22(25)2)28(36)19-18-27(35)33-26-13-7-8-20-31-26/h3,6-9,12-17,20,24,29H,4-5,10-11,18-19H2,1-2H3,(H,32,37)(H,31,33,35). The Morgan fingerprint density at radius 2 is 1.62 bits per heavy atom. The van der Waals surface area contributed by atoms with Crippen molar-refractivity contribution in [3.8, 4) is 0 Å². The normalized spacial score (nSPS) is 14.1. The number of aryl methyl sites for hydroxylation is 2. The Bertz CT molecular complexity index is 1220. The molecule has 192 valence electrons. The van der Waals surface area contributed by atoms with Crippen molar-refractivity contribution in [2.75, 3.05) is 10.2 Å². The van der Waals surface area contributed by atoms with E-state index in [1.165, 1.54) is 0 Å². The number of aromatic nitrogens is 1. The molecule has 1 saturated carbocycles. The number of nitrogens with zero attached hydrogens (tertiary/aromatic N) is 2. The highest BCUT2D eigenvalue weighted by Crippen LogP contribution is 2.32. The molecule has 1 unspecified atom stereocenters. The van der Waals surface area contributed by atoms with Crippen LogP contribution in [0.25, 0.3) is 0 Å². The first-order valence-electron chi connectivity index (χ1n) is 12.9. The minimum atomic E-state index is -0.853. The highest BCUT2D eigenvalue weighted by molar-refractivity contribution is 6.03. The maximum Gasteiger partial charge on any atom is 0.248 e. The van der Waals surface area contributed by atoms with Gasteiger partial charge in [-0.25, -0.2) is 4.98 Å². The van der Waals surface area contributed by atoms with E-state index in [1.807, 2.05) is 62.4 Å². The zero-order chi connectivity index (χ0) is 26.2. The molecule has 0 bridgehead atoms. The van der Waals surface area contributed by atoms with E-state index in [-0.39, 0.29) is 36.6 Å². The van der Waals surface area contributed by atoms with Crippen LogP contribution in [0.2, 0.25) is 0 Å². The molecule has 3 amide bonds. The molecule has 0 radical (unpaired) electrons. The molecule has 1 aromatic heterocycles. The van der Waals surface area contributed by atoms with Gasteiger partial charge in [0.15, 0.2) is 0 Å². The zero-order valence-corrected chi connectivity index (χ0v) is 21.4. The van der Waals surface area contributed by atoms with Gasteiger partial charge in [-0.05, 0) is 56.0 Å². The first kappa shape index (κ1) is 26.1. The molecule has 0 aliphatic heterocycles. The van der Waals surface area contributed by atoms with E-state index in [2.05, 4.69) is 15.6 Å². The number of benzene rings is 2. The summed E-state index contributed by atoms with van der Waals surface area (Å²) in [6.45, 7) is 3.91. The summed E-state index contributed by atoms with van der Waals surface area (Å²) in [5.74, 6) is -0.369. The smallest absolute Gasteiger partial charge is 0.248 e. The van der Waals surface area contributed by atoms with Gasteiger partial charge >= 0.3 is 0 Å². The highest BCUT2D eigenvalue weighted by atomic mass is 16.2. The molecule has 0 saturated heterocycles. The Kier molecular flexibility index (Phi) is 8.67. The van der Waals surface area contributed by atoms with Gasteiger partial charge in [0.25, 0.3) is 0 Å². The van der Waals surface area contributed by atoms with E-state index in [0.717, 1.165) is 42.4 Å². The molecule has 7 heteroatoms. The largest absolute Gasteiger partial charge is 0.351 e. The second kappa shape index (κ2) is 12.3. The van der Waals surface area contributed by atoms with Crippen LogP contribution >= 0.6 is 0 Å². The van der Waals surface area contributed by atoms with Crippen molar-refractivity contribution < 1.29 is 14.4 Å². The molecule has 1 fully saturated rings. The number of rotatable bonds is 9. The average molecular weight is 499 g/mol. The molecule has 1 aliphatic carbocycles. The van der Waals surface area contributed by atoms with Gasteiger partial charge in [0.2, 0.25) is 17.7 Å². The third-order valence-corrected chi connectivity index (χ3v) is 6.74.